The molecule has 2 N–H and O–H groups in total. The number of aliphatic carboxylic acids is 1. The maximum absolute atomic E-state index is 12.7. The number of carboxylic acids is 1. The summed E-state index contributed by atoms with van der Waals surface area (Å²) in [5.41, 5.74) is 1.72. The quantitative estimate of drug-likeness (QED) is 0.658. The van der Waals surface area contributed by atoms with Gasteiger partial charge in [-0.25, -0.2) is 4.79 Å². The number of carbonyl (C=O) groups is 2. The van der Waals surface area contributed by atoms with Gasteiger partial charge in [-0.1, -0.05) is 38.1 Å². The third kappa shape index (κ3) is 5.28. The summed E-state index contributed by atoms with van der Waals surface area (Å²) >= 11 is 0. The predicted molar refractivity (Wildman–Crippen MR) is 110 cm³/mol. The van der Waals surface area contributed by atoms with Gasteiger partial charge in [0.1, 0.15) is 5.70 Å². The van der Waals surface area contributed by atoms with Gasteiger partial charge in [-0.15, -0.1) is 0 Å². The lowest BCUT2D eigenvalue weighted by molar-refractivity contribution is -0.132. The van der Waals surface area contributed by atoms with Crippen molar-refractivity contribution in [3.8, 4) is 17.2 Å². The largest absolute Gasteiger partial charge is 0.493 e. The number of benzene rings is 2. The lowest BCUT2D eigenvalue weighted by atomic mass is 10.0. The lowest BCUT2D eigenvalue weighted by Crippen LogP contribution is -2.27. The number of rotatable bonds is 8. The highest BCUT2D eigenvalue weighted by atomic mass is 16.5. The van der Waals surface area contributed by atoms with Crippen LogP contribution in [-0.4, -0.2) is 38.3 Å². The van der Waals surface area contributed by atoms with E-state index in [1.54, 1.807) is 0 Å². The third-order valence-electron chi connectivity index (χ3n) is 4.32. The summed E-state index contributed by atoms with van der Waals surface area (Å²) in [5, 5.41) is 11.9. The molecule has 2 aromatic rings. The van der Waals surface area contributed by atoms with Crippen LogP contribution in [0.15, 0.2) is 42.1 Å². The second kappa shape index (κ2) is 9.64. The predicted octanol–water partition coefficient (Wildman–Crippen LogP) is 3.69. The van der Waals surface area contributed by atoms with Gasteiger partial charge < -0.3 is 24.6 Å². The van der Waals surface area contributed by atoms with Gasteiger partial charge in [0.15, 0.2) is 11.5 Å². The molecule has 0 saturated heterocycles. The number of amides is 1. The van der Waals surface area contributed by atoms with Gasteiger partial charge in [-0.3, -0.25) is 4.79 Å². The van der Waals surface area contributed by atoms with Crippen LogP contribution in [-0.2, 0) is 4.79 Å². The number of carbonyl (C=O) groups excluding carboxylic acids is 1. The summed E-state index contributed by atoms with van der Waals surface area (Å²) in [4.78, 5) is 24.3. The monoisotopic (exact) mass is 399 g/mol. The Morgan fingerprint density at radius 3 is 1.93 bits per heavy atom. The topological polar surface area (TPSA) is 94.1 Å². The Bertz CT molecular complexity index is 890. The minimum absolute atomic E-state index is 0.168. The highest BCUT2D eigenvalue weighted by Gasteiger charge is 2.19. The third-order valence-corrected chi connectivity index (χ3v) is 4.32. The van der Waals surface area contributed by atoms with Crippen molar-refractivity contribution in [2.24, 2.45) is 0 Å². The van der Waals surface area contributed by atoms with Crippen molar-refractivity contribution in [1.29, 1.82) is 0 Å². The van der Waals surface area contributed by atoms with Gasteiger partial charge in [-0.2, -0.15) is 0 Å². The van der Waals surface area contributed by atoms with E-state index in [1.807, 2.05) is 24.3 Å². The van der Waals surface area contributed by atoms with E-state index < -0.39 is 11.9 Å². The molecule has 1 amide bonds. The van der Waals surface area contributed by atoms with E-state index >= 15 is 0 Å². The fourth-order valence-electron chi connectivity index (χ4n) is 2.70. The van der Waals surface area contributed by atoms with Crippen LogP contribution in [0.3, 0.4) is 0 Å². The number of hydrogen-bond acceptors (Lipinski definition) is 5. The molecule has 0 aliphatic rings. The summed E-state index contributed by atoms with van der Waals surface area (Å²) < 4.78 is 15.7. The second-order valence-corrected chi connectivity index (χ2v) is 6.55. The molecule has 0 saturated carbocycles. The molecule has 0 unspecified atom stereocenters. The molecular weight excluding hydrogens is 374 g/mol. The molecule has 0 spiro atoms. The van der Waals surface area contributed by atoms with E-state index in [-0.39, 0.29) is 11.3 Å². The van der Waals surface area contributed by atoms with E-state index in [9.17, 15) is 14.7 Å². The molecule has 2 aromatic carbocycles. The Morgan fingerprint density at radius 2 is 1.52 bits per heavy atom. The van der Waals surface area contributed by atoms with Gasteiger partial charge in [0, 0.05) is 5.56 Å². The SMILES string of the molecule is COc1cc(C(=O)N/C(=C/c2ccc(C(C)C)cc2)C(=O)O)cc(OC)c1OC. The highest BCUT2D eigenvalue weighted by Crippen LogP contribution is 2.38. The number of methoxy groups -OCH3 is 3. The zero-order valence-corrected chi connectivity index (χ0v) is 17.1. The van der Waals surface area contributed by atoms with Crippen LogP contribution in [0.25, 0.3) is 6.08 Å². The molecule has 7 nitrogen and oxygen atoms in total. The molecule has 0 bridgehead atoms. The van der Waals surface area contributed by atoms with Gasteiger partial charge in [-0.05, 0) is 35.3 Å². The van der Waals surface area contributed by atoms with Crippen LogP contribution in [0.2, 0.25) is 0 Å². The molecule has 0 aliphatic heterocycles. The van der Waals surface area contributed by atoms with Crippen LogP contribution < -0.4 is 19.5 Å². The minimum atomic E-state index is -1.25. The molecule has 0 aliphatic carbocycles. The van der Waals surface area contributed by atoms with Crippen molar-refractivity contribution in [3.63, 3.8) is 0 Å². The van der Waals surface area contributed by atoms with Crippen molar-refractivity contribution < 1.29 is 28.9 Å². The maximum atomic E-state index is 12.7. The summed E-state index contributed by atoms with van der Waals surface area (Å²) in [5.74, 6) is -0.572. The van der Waals surface area contributed by atoms with Gasteiger partial charge in [0.25, 0.3) is 5.91 Å². The zero-order chi connectivity index (χ0) is 21.6. The Hall–Kier alpha value is -3.48. The van der Waals surface area contributed by atoms with Crippen LogP contribution in [0.4, 0.5) is 0 Å². The average molecular weight is 399 g/mol. The zero-order valence-electron chi connectivity index (χ0n) is 17.1. The van der Waals surface area contributed by atoms with Crippen LogP contribution in [0.5, 0.6) is 17.2 Å². The molecule has 7 heteroatoms. The van der Waals surface area contributed by atoms with Crippen molar-refractivity contribution in [1.82, 2.24) is 5.32 Å². The van der Waals surface area contributed by atoms with E-state index in [0.717, 1.165) is 5.56 Å². The molecule has 2 rings (SSSR count). The molecular formula is C22H25NO6. The van der Waals surface area contributed by atoms with Crippen LogP contribution in [0.1, 0.15) is 41.3 Å². The average Bonchev–Trinajstić information content (AvgIpc) is 2.72. The molecule has 0 aromatic heterocycles. The van der Waals surface area contributed by atoms with Crippen LogP contribution in [0, 0.1) is 0 Å². The molecule has 0 atom stereocenters. The molecule has 0 radical (unpaired) electrons. The number of carboxylic acid groups (broad SMARTS) is 1. The maximum Gasteiger partial charge on any atom is 0.352 e. The minimum Gasteiger partial charge on any atom is -0.493 e. The van der Waals surface area contributed by atoms with Gasteiger partial charge >= 0.3 is 5.97 Å². The fraction of sp³-hybridized carbons (Fsp3) is 0.273. The number of nitrogens with one attached hydrogen (secondary N) is 1. The number of ether oxygens (including phenoxy) is 3. The molecule has 154 valence electrons. The highest BCUT2D eigenvalue weighted by molar-refractivity contribution is 6.03. The van der Waals surface area contributed by atoms with Crippen molar-refractivity contribution in [3.05, 3.63) is 58.8 Å². The smallest absolute Gasteiger partial charge is 0.352 e. The Morgan fingerprint density at radius 1 is 0.966 bits per heavy atom. The van der Waals surface area contributed by atoms with E-state index in [2.05, 4.69) is 19.2 Å². The molecule has 0 fully saturated rings. The first-order valence-electron chi connectivity index (χ1n) is 8.97. The number of hydrogen-bond donors (Lipinski definition) is 2. The van der Waals surface area contributed by atoms with E-state index in [4.69, 9.17) is 14.2 Å². The Labute approximate surface area is 169 Å². The van der Waals surface area contributed by atoms with Gasteiger partial charge in [0.2, 0.25) is 5.75 Å². The van der Waals surface area contributed by atoms with Gasteiger partial charge in [0.05, 0.1) is 21.3 Å². The van der Waals surface area contributed by atoms with E-state index in [1.165, 1.54) is 39.5 Å². The van der Waals surface area contributed by atoms with Crippen LogP contribution >= 0.6 is 0 Å². The van der Waals surface area contributed by atoms with Crippen molar-refractivity contribution in [2.45, 2.75) is 19.8 Å². The lowest BCUT2D eigenvalue weighted by Gasteiger charge is -2.14. The first kappa shape index (κ1) is 21.8. The van der Waals surface area contributed by atoms with E-state index in [0.29, 0.717) is 28.7 Å². The summed E-state index contributed by atoms with van der Waals surface area (Å²) in [6.07, 6.45) is 1.41. The first-order chi connectivity index (χ1) is 13.8. The summed E-state index contributed by atoms with van der Waals surface area (Å²) in [7, 11) is 4.32. The molecule has 0 heterocycles. The summed E-state index contributed by atoms with van der Waals surface area (Å²) in [6.45, 7) is 4.15. The van der Waals surface area contributed by atoms with Crippen molar-refractivity contribution in [2.75, 3.05) is 21.3 Å². The second-order valence-electron chi connectivity index (χ2n) is 6.55. The fourth-order valence-corrected chi connectivity index (χ4v) is 2.70. The standard InChI is InChI=1S/C22H25NO6/c1-13(2)15-8-6-14(7-9-15)10-17(22(25)26)23-21(24)16-11-18(27-3)20(29-5)19(12-16)28-4/h6-13H,1-5H3,(H,23,24)(H,25,26)/b17-10+. The summed E-state index contributed by atoms with van der Waals surface area (Å²) in [6, 6.07) is 10.4. The Kier molecular flexibility index (Phi) is 7.25. The van der Waals surface area contributed by atoms with Crippen molar-refractivity contribution >= 4 is 18.0 Å². The first-order valence-corrected chi connectivity index (χ1v) is 8.97. The molecule has 29 heavy (non-hydrogen) atoms. The normalized spacial score (nSPS) is 11.2. The Balaban J connectivity index is 2.33.